The highest BCUT2D eigenvalue weighted by atomic mass is 19.2. The molecule has 0 amide bonds. The maximum Gasteiger partial charge on any atom is 0.187 e. The minimum absolute atomic E-state index is 0.256. The highest BCUT2D eigenvalue weighted by molar-refractivity contribution is 6.30. The molecule has 0 aliphatic heterocycles. The molecular weight excluding hydrogens is 1840 g/mol. The lowest BCUT2D eigenvalue weighted by molar-refractivity contribution is 0.583. The fourth-order valence-corrected chi connectivity index (χ4v) is 20.7. The van der Waals surface area contributed by atoms with E-state index in [9.17, 15) is 10.5 Å². The molecule has 0 bridgehead atoms. The summed E-state index contributed by atoms with van der Waals surface area (Å²) < 4.78 is 96.0. The van der Waals surface area contributed by atoms with E-state index in [1.165, 1.54) is 36.4 Å². The van der Waals surface area contributed by atoms with Gasteiger partial charge in [0.1, 0.15) is 34.9 Å². The monoisotopic (exact) mass is 1920 g/mol. The maximum atomic E-state index is 16.8. The summed E-state index contributed by atoms with van der Waals surface area (Å²) in [5.41, 5.74) is 25.4. The van der Waals surface area contributed by atoms with Gasteiger partial charge in [0.15, 0.2) is 11.4 Å². The van der Waals surface area contributed by atoms with Crippen LogP contribution < -0.4 is 19.6 Å². The SMILES string of the molecule is [C-]#[N+]c1ccc(-c2cc(-c3ccccc3)cc(N(c3cc(C)ccc3F)c3ccc4ccc5c(N(c6cc(-c7ccccc7)cc(-c7ccc(C#N)cc7)c6)c6cc(C)ccc6F)ccc6ccc3c4c65)c2)cc1.[C-]#[N+]c1ccc(-c2cc(-c3ccccc3)cc(N(c3cc(F)cc(F)c3)c3ccc4ccc5c(N(c6cc(F)cc(F)c6)c6cc(-c7ccccc7)cc(-c7ccc(C#N)cc7)c6)ccc6ccc3c4c65)c2)cc1. The molecule has 0 aliphatic carbocycles. The second-order valence-corrected chi connectivity index (χ2v) is 36.9. The van der Waals surface area contributed by atoms with Crippen molar-refractivity contribution in [1.82, 2.24) is 0 Å². The van der Waals surface area contributed by atoms with E-state index in [0.717, 1.165) is 200 Å². The van der Waals surface area contributed by atoms with Gasteiger partial charge in [-0.25, -0.2) is 36.0 Å². The van der Waals surface area contributed by atoms with Crippen LogP contribution in [0.1, 0.15) is 22.3 Å². The van der Waals surface area contributed by atoms with Crippen molar-refractivity contribution in [2.75, 3.05) is 19.6 Å². The van der Waals surface area contributed by atoms with Crippen molar-refractivity contribution in [2.24, 2.45) is 0 Å². The van der Waals surface area contributed by atoms with E-state index in [1.54, 1.807) is 36.4 Å². The van der Waals surface area contributed by atoms with Gasteiger partial charge >= 0.3 is 0 Å². The Morgan fingerprint density at radius 3 is 0.676 bits per heavy atom. The Kier molecular flexibility index (Phi) is 24.1. The number of rotatable bonds is 20. The van der Waals surface area contributed by atoms with Crippen molar-refractivity contribution < 1.29 is 26.3 Å². The van der Waals surface area contributed by atoms with Gasteiger partial charge in [0.25, 0.3) is 0 Å². The van der Waals surface area contributed by atoms with Crippen molar-refractivity contribution in [3.8, 4) is 101 Å². The van der Waals surface area contributed by atoms with E-state index in [0.29, 0.717) is 56.6 Å². The van der Waals surface area contributed by atoms with E-state index < -0.39 is 23.3 Å². The Hall–Kier alpha value is -19.9. The fourth-order valence-electron chi connectivity index (χ4n) is 20.7. The number of hydrogen-bond donors (Lipinski definition) is 0. The Morgan fingerprint density at radius 1 is 0.203 bits per heavy atom. The zero-order valence-corrected chi connectivity index (χ0v) is 79.7. The summed E-state index contributed by atoms with van der Waals surface area (Å²) in [4.78, 5) is 15.1. The van der Waals surface area contributed by atoms with Crippen molar-refractivity contribution in [2.45, 2.75) is 13.8 Å². The quantitative estimate of drug-likeness (QED) is 0.0430. The molecule has 0 spiro atoms. The highest BCUT2D eigenvalue weighted by Gasteiger charge is 2.30. The molecule has 24 rings (SSSR count). The molecule has 0 N–H and O–H groups in total. The minimum atomic E-state index is -0.743. The standard InChI is InChI=1S/C68H44F2N4.C66H38F4N4/c1-43-14-30-61(69)65(34-43)73(57-38-52(46-10-6-4-7-11-46)36-54(40-57)48-18-16-45(42-71)17-19-48)63-32-24-50-23-29-60-64(33-25-51-22-28-59(63)67(50)68(51)60)74(66-35-44(2)15-31-62(66)70)58-39-53(47-12-8-5-9-13-47)37-55(41-58)49-20-26-56(72-3)27-21-49;1-72-56-22-16-45(17-23-56)51-29-49(43-10-6-3-7-11-43)31-58(33-51)74(60-38-54(69)35-55(70)39-60)64-27-21-47-18-24-61-63(26-20-46-19-25-62(64)66(47)65(46)61)73(59-36-52(67)34-53(68)37-59)57-30-48(42-8-4-2-5-9-42)28-50(32-57)44-14-12-41(40-71)13-15-44/h4-41H,1-2H3;2-39H. The number of nitriles is 2. The Balaban J connectivity index is 0.000000163. The zero-order valence-electron chi connectivity index (χ0n) is 79.7. The molecule has 700 valence electrons. The number of halogens is 6. The van der Waals surface area contributed by atoms with Gasteiger partial charge in [0.2, 0.25) is 0 Å². The van der Waals surface area contributed by atoms with Gasteiger partial charge in [0.05, 0.1) is 81.9 Å². The first-order valence-electron chi connectivity index (χ1n) is 48.2. The van der Waals surface area contributed by atoms with Crippen molar-refractivity contribution in [1.29, 1.82) is 10.5 Å². The third-order valence-corrected chi connectivity index (χ3v) is 27.6. The molecule has 0 unspecified atom stereocenters. The Bertz CT molecular complexity index is 8910. The number of benzene rings is 24. The van der Waals surface area contributed by atoms with Gasteiger partial charge in [-0.3, -0.25) is 0 Å². The van der Waals surface area contributed by atoms with Crippen LogP contribution in [-0.2, 0) is 0 Å². The molecule has 0 radical (unpaired) electrons. The first-order valence-corrected chi connectivity index (χ1v) is 48.2. The van der Waals surface area contributed by atoms with Gasteiger partial charge in [-0.15, -0.1) is 0 Å². The number of hydrogen-bond acceptors (Lipinski definition) is 6. The molecule has 24 aromatic carbocycles. The van der Waals surface area contributed by atoms with E-state index >= 15 is 26.3 Å². The van der Waals surface area contributed by atoms with Crippen LogP contribution in [-0.4, -0.2) is 0 Å². The lowest BCUT2D eigenvalue weighted by Gasteiger charge is -2.30. The second-order valence-electron chi connectivity index (χ2n) is 36.9. The predicted molar refractivity (Wildman–Crippen MR) is 594 cm³/mol. The van der Waals surface area contributed by atoms with E-state index in [-0.39, 0.29) is 23.0 Å². The molecule has 14 heteroatoms. The van der Waals surface area contributed by atoms with Crippen LogP contribution in [0.5, 0.6) is 0 Å². The summed E-state index contributed by atoms with van der Waals surface area (Å²) in [5, 5.41) is 30.2. The molecule has 0 aromatic heterocycles. The third kappa shape index (κ3) is 17.7. The summed E-state index contributed by atoms with van der Waals surface area (Å²) in [6.07, 6.45) is 0. The zero-order chi connectivity index (χ0) is 101. The summed E-state index contributed by atoms with van der Waals surface area (Å²) in [6.45, 7) is 19.1. The molecule has 8 nitrogen and oxygen atoms in total. The van der Waals surface area contributed by atoms with Crippen LogP contribution in [0.2, 0.25) is 0 Å². The minimum Gasteiger partial charge on any atom is -0.310 e. The molecule has 0 saturated heterocycles. The van der Waals surface area contributed by atoms with Crippen molar-refractivity contribution in [3.63, 3.8) is 0 Å². The highest BCUT2D eigenvalue weighted by Crippen LogP contribution is 2.55. The van der Waals surface area contributed by atoms with Gasteiger partial charge < -0.3 is 19.6 Å². The summed E-state index contributed by atoms with van der Waals surface area (Å²) >= 11 is 0. The third-order valence-electron chi connectivity index (χ3n) is 27.6. The molecule has 0 saturated carbocycles. The average molecular weight is 1920 g/mol. The fraction of sp³-hybridized carbons (Fsp3) is 0.0149. The van der Waals surface area contributed by atoms with E-state index in [4.69, 9.17) is 13.1 Å². The molecule has 24 aromatic rings. The summed E-state index contributed by atoms with van der Waals surface area (Å²) in [7, 11) is 0. The van der Waals surface area contributed by atoms with E-state index in [1.807, 2.05) is 288 Å². The molecule has 0 heterocycles. The van der Waals surface area contributed by atoms with Crippen LogP contribution in [0.15, 0.2) is 461 Å². The van der Waals surface area contributed by atoms with Crippen LogP contribution in [0.4, 0.5) is 106 Å². The van der Waals surface area contributed by atoms with E-state index in [2.05, 4.69) is 143 Å². The molecule has 148 heavy (non-hydrogen) atoms. The molecule has 0 aliphatic rings. The van der Waals surface area contributed by atoms with Gasteiger partial charge in [-0.05, 0) is 327 Å². The van der Waals surface area contributed by atoms with Gasteiger partial charge in [-0.1, -0.05) is 279 Å². The normalized spacial score (nSPS) is 11.2. The Labute approximate surface area is 851 Å². The van der Waals surface area contributed by atoms with Crippen LogP contribution in [0.3, 0.4) is 0 Å². The average Bonchev–Trinajstić information content (AvgIpc) is 0.718. The largest absolute Gasteiger partial charge is 0.310 e. The topological polar surface area (TPSA) is 69.3 Å². The second kappa shape index (κ2) is 38.8. The Morgan fingerprint density at radius 2 is 0.426 bits per heavy atom. The molecular formula is C134H82F6N8. The van der Waals surface area contributed by atoms with Crippen molar-refractivity contribution >= 4 is 144 Å². The molecule has 0 fully saturated rings. The van der Waals surface area contributed by atoms with Crippen molar-refractivity contribution in [3.05, 3.63) is 541 Å². The summed E-state index contributed by atoms with van der Waals surface area (Å²) in [5.74, 6) is -3.71. The van der Waals surface area contributed by atoms with Gasteiger partial charge in [0, 0.05) is 56.4 Å². The number of anilines is 12. The van der Waals surface area contributed by atoms with Crippen LogP contribution in [0.25, 0.3) is 163 Å². The van der Waals surface area contributed by atoms with Crippen LogP contribution >= 0.6 is 0 Å². The molecule has 0 atom stereocenters. The number of aryl methyl sites for hydroxylation is 2. The van der Waals surface area contributed by atoms with Gasteiger partial charge in [-0.2, -0.15) is 10.5 Å². The van der Waals surface area contributed by atoms with Crippen LogP contribution in [0, 0.1) is 84.6 Å². The first kappa shape index (κ1) is 91.8. The number of nitrogens with zero attached hydrogens (tertiary/aromatic N) is 8. The summed E-state index contributed by atoms with van der Waals surface area (Å²) in [6, 6.07) is 150. The lowest BCUT2D eigenvalue weighted by Crippen LogP contribution is -2.14. The maximum absolute atomic E-state index is 16.8. The first-order chi connectivity index (χ1) is 72.4. The smallest absolute Gasteiger partial charge is 0.187 e. The predicted octanol–water partition coefficient (Wildman–Crippen LogP) is 38.7. The lowest BCUT2D eigenvalue weighted by atomic mass is 9.91.